The molecule has 1 aliphatic rings. The zero-order valence-electron chi connectivity index (χ0n) is 21.8. The topological polar surface area (TPSA) is 200 Å². The number of hydrogen-bond acceptors (Lipinski definition) is 10. The number of aromatic hydroxyl groups is 4. The van der Waals surface area contributed by atoms with Crippen molar-refractivity contribution >= 4 is 33.4 Å². The highest BCUT2D eigenvalue weighted by molar-refractivity contribution is 7.93. The highest BCUT2D eigenvalue weighted by atomic mass is 32.2. The Morgan fingerprint density at radius 1 is 0.837 bits per heavy atom. The number of benzene rings is 3. The van der Waals surface area contributed by atoms with Gasteiger partial charge < -0.3 is 30.5 Å². The van der Waals surface area contributed by atoms with E-state index in [1.54, 1.807) is 6.07 Å². The number of hydrogen-bond donors (Lipinski definition) is 6. The summed E-state index contributed by atoms with van der Waals surface area (Å²) in [7, 11) is -6.02. The number of ether oxygens (including phenoxy) is 1. The molecule has 43 heavy (non-hydrogen) atoms. The van der Waals surface area contributed by atoms with Gasteiger partial charge in [-0.1, -0.05) is 18.2 Å². The number of alkyl halides is 3. The number of nitrogens with one attached hydrogen (secondary N) is 2. The summed E-state index contributed by atoms with van der Waals surface area (Å²) < 4.78 is 68.5. The molecule has 3 aromatic rings. The van der Waals surface area contributed by atoms with Gasteiger partial charge >= 0.3 is 21.5 Å². The maximum atomic E-state index is 13.1. The van der Waals surface area contributed by atoms with E-state index in [1.807, 2.05) is 0 Å². The molecule has 1 amide bonds. The van der Waals surface area contributed by atoms with E-state index in [1.165, 1.54) is 18.2 Å². The lowest BCUT2D eigenvalue weighted by Crippen LogP contribution is -2.42. The number of carbonyl (C=O) groups excluding carboxylic acids is 3. The van der Waals surface area contributed by atoms with Crippen LogP contribution in [0.5, 0.6) is 23.0 Å². The molecule has 4 rings (SSSR count). The van der Waals surface area contributed by atoms with E-state index in [9.17, 15) is 56.4 Å². The van der Waals surface area contributed by atoms with Crippen LogP contribution in [0.1, 0.15) is 55.9 Å². The van der Waals surface area contributed by atoms with Crippen LogP contribution in [0.2, 0.25) is 0 Å². The number of rotatable bonds is 8. The lowest BCUT2D eigenvalue weighted by molar-refractivity contribution is -0.0429. The van der Waals surface area contributed by atoms with Crippen molar-refractivity contribution in [3.05, 3.63) is 76.9 Å². The lowest BCUT2D eigenvalue weighted by Gasteiger charge is -2.22. The average molecular weight is 625 g/mol. The lowest BCUT2D eigenvalue weighted by atomic mass is 9.97. The monoisotopic (exact) mass is 624 g/mol. The van der Waals surface area contributed by atoms with Crippen LogP contribution >= 0.6 is 0 Å². The molecule has 0 radical (unpaired) electrons. The van der Waals surface area contributed by atoms with Crippen molar-refractivity contribution in [3.8, 4) is 23.0 Å². The molecule has 1 fully saturated rings. The summed E-state index contributed by atoms with van der Waals surface area (Å²) in [6, 6.07) is 9.16. The number of carbonyl (C=O) groups is 3. The zero-order chi connectivity index (χ0) is 31.7. The summed E-state index contributed by atoms with van der Waals surface area (Å²) in [5, 5.41) is 43.8. The second-order valence-electron chi connectivity index (χ2n) is 9.44. The van der Waals surface area contributed by atoms with Crippen molar-refractivity contribution in [2.24, 2.45) is 0 Å². The SMILES string of the molecule is O=C(O[C@@H]1CCC[C@H]1NC(=O)c1ccccc1O)c1cc(O)c(C(=O)c2c(O)cccc2NS(=O)(=O)C(F)(F)F)c(O)c1. The Balaban J connectivity index is 1.55. The molecule has 0 spiro atoms. The smallest absolute Gasteiger partial charge is 0.507 e. The fourth-order valence-corrected chi connectivity index (χ4v) is 5.08. The Morgan fingerprint density at radius 2 is 1.47 bits per heavy atom. The van der Waals surface area contributed by atoms with Crippen LogP contribution in [-0.4, -0.2) is 64.2 Å². The van der Waals surface area contributed by atoms with E-state index in [4.69, 9.17) is 4.74 Å². The summed E-state index contributed by atoms with van der Waals surface area (Å²) in [5.41, 5.74) is -9.18. The van der Waals surface area contributed by atoms with Gasteiger partial charge in [0.1, 0.15) is 34.7 Å². The van der Waals surface area contributed by atoms with Crippen molar-refractivity contribution in [1.82, 2.24) is 5.32 Å². The quantitative estimate of drug-likeness (QED) is 0.159. The standard InChI is InChI=1S/C27H23F3N2O10S/c28-27(29,30)43(40,41)32-16-7-3-9-18(34)22(16)24(37)23-19(35)11-13(12-20(23)36)26(39)42-21-10-4-6-15(21)31-25(38)14-5-1-2-8-17(14)33/h1-3,5,7-9,11-12,15,21,32-36H,4,6,10H2,(H,31,38)/t15-,21-/m1/s1. The van der Waals surface area contributed by atoms with Gasteiger partial charge in [0.2, 0.25) is 5.78 Å². The van der Waals surface area contributed by atoms with Gasteiger partial charge in [-0.25, -0.2) is 4.79 Å². The molecule has 0 unspecified atom stereocenters. The molecule has 6 N–H and O–H groups in total. The summed E-state index contributed by atoms with van der Waals surface area (Å²) in [6.07, 6.45) is 0.505. The number of phenolic OH excluding ortho intramolecular Hbond substituents is 4. The number of esters is 1. The summed E-state index contributed by atoms with van der Waals surface area (Å²) in [4.78, 5) is 38.6. The maximum Gasteiger partial charge on any atom is 0.516 e. The van der Waals surface area contributed by atoms with Crippen molar-refractivity contribution < 1.29 is 61.1 Å². The number of ketones is 1. The molecule has 0 aliphatic heterocycles. The van der Waals surface area contributed by atoms with Crippen LogP contribution in [-0.2, 0) is 14.8 Å². The van der Waals surface area contributed by atoms with Crippen LogP contribution in [0.25, 0.3) is 0 Å². The Hall–Kier alpha value is -4.99. The molecule has 228 valence electrons. The van der Waals surface area contributed by atoms with E-state index < -0.39 is 85.0 Å². The van der Waals surface area contributed by atoms with Crippen molar-refractivity contribution in [1.29, 1.82) is 0 Å². The number of sulfonamides is 1. The van der Waals surface area contributed by atoms with E-state index in [2.05, 4.69) is 5.32 Å². The van der Waals surface area contributed by atoms with Gasteiger partial charge in [0.05, 0.1) is 28.4 Å². The molecule has 1 aliphatic carbocycles. The molecule has 12 nitrogen and oxygen atoms in total. The van der Waals surface area contributed by atoms with Crippen LogP contribution < -0.4 is 10.0 Å². The van der Waals surface area contributed by atoms with Gasteiger partial charge in [-0.3, -0.25) is 14.3 Å². The largest absolute Gasteiger partial charge is 0.516 e. The maximum absolute atomic E-state index is 13.1. The van der Waals surface area contributed by atoms with Gasteiger partial charge in [-0.2, -0.15) is 21.6 Å². The molecule has 0 bridgehead atoms. The fraction of sp³-hybridized carbons (Fsp3) is 0.222. The van der Waals surface area contributed by atoms with Gasteiger partial charge in [0.15, 0.2) is 0 Å². The van der Waals surface area contributed by atoms with Gasteiger partial charge in [0.25, 0.3) is 5.91 Å². The molecule has 1 saturated carbocycles. The van der Waals surface area contributed by atoms with E-state index >= 15 is 0 Å². The number of anilines is 1. The van der Waals surface area contributed by atoms with Crippen molar-refractivity contribution in [2.45, 2.75) is 36.9 Å². The molecule has 0 aromatic heterocycles. The third-order valence-corrected chi connectivity index (χ3v) is 7.65. The van der Waals surface area contributed by atoms with Gasteiger partial charge in [-0.05, 0) is 55.7 Å². The average Bonchev–Trinajstić information content (AvgIpc) is 3.33. The van der Waals surface area contributed by atoms with E-state index in [-0.39, 0.29) is 11.3 Å². The van der Waals surface area contributed by atoms with Crippen LogP contribution in [0.3, 0.4) is 0 Å². The first-order valence-corrected chi connectivity index (χ1v) is 13.9. The summed E-state index contributed by atoms with van der Waals surface area (Å²) in [6.45, 7) is 0. The molecule has 2 atom stereocenters. The molecular weight excluding hydrogens is 601 g/mol. The highest BCUT2D eigenvalue weighted by Gasteiger charge is 2.46. The second kappa shape index (κ2) is 11.7. The van der Waals surface area contributed by atoms with Gasteiger partial charge in [-0.15, -0.1) is 0 Å². The van der Waals surface area contributed by atoms with Crippen LogP contribution in [0.4, 0.5) is 18.9 Å². The number of halogens is 3. The third-order valence-electron chi connectivity index (χ3n) is 6.55. The molecular formula is C27H23F3N2O10S. The summed E-state index contributed by atoms with van der Waals surface area (Å²) >= 11 is 0. The Morgan fingerprint density at radius 3 is 2.09 bits per heavy atom. The molecule has 0 saturated heterocycles. The third kappa shape index (κ3) is 6.43. The normalized spacial score (nSPS) is 16.8. The molecule has 16 heteroatoms. The number of amides is 1. The fourth-order valence-electron chi connectivity index (χ4n) is 4.50. The Kier molecular flexibility index (Phi) is 8.43. The Labute approximate surface area is 241 Å². The minimum atomic E-state index is -6.02. The van der Waals surface area contributed by atoms with Crippen LogP contribution in [0.15, 0.2) is 54.6 Å². The van der Waals surface area contributed by atoms with Crippen molar-refractivity contribution in [2.75, 3.05) is 4.72 Å². The number of para-hydroxylation sites is 1. The first kappa shape index (κ1) is 31.0. The molecule has 3 aromatic carbocycles. The molecule has 0 heterocycles. The minimum Gasteiger partial charge on any atom is -0.507 e. The predicted octanol–water partition coefficient (Wildman–Crippen LogP) is 3.51. The van der Waals surface area contributed by atoms with E-state index in [0.29, 0.717) is 19.3 Å². The Bertz CT molecular complexity index is 1690. The first-order valence-electron chi connectivity index (χ1n) is 12.4. The first-order chi connectivity index (χ1) is 20.1. The second-order valence-corrected chi connectivity index (χ2v) is 11.1. The highest BCUT2D eigenvalue weighted by Crippen LogP contribution is 2.38. The van der Waals surface area contributed by atoms with Gasteiger partial charge in [0, 0.05) is 0 Å². The minimum absolute atomic E-state index is 0.00777. The number of phenols is 4. The predicted molar refractivity (Wildman–Crippen MR) is 142 cm³/mol. The van der Waals surface area contributed by atoms with Crippen LogP contribution in [0, 0.1) is 0 Å². The van der Waals surface area contributed by atoms with Crippen molar-refractivity contribution in [3.63, 3.8) is 0 Å². The van der Waals surface area contributed by atoms with E-state index in [0.717, 1.165) is 35.1 Å². The zero-order valence-corrected chi connectivity index (χ0v) is 22.6. The summed E-state index contributed by atoms with van der Waals surface area (Å²) in [5.74, 6) is -6.46.